The molecule has 4 rings (SSSR count). The van der Waals surface area contributed by atoms with Gasteiger partial charge in [0.25, 0.3) is 5.91 Å². The number of hydrogen-bond acceptors (Lipinski definition) is 5. The number of hydrogen-bond donors (Lipinski definition) is 1. The summed E-state index contributed by atoms with van der Waals surface area (Å²) in [4.78, 5) is 20.8. The zero-order valence-corrected chi connectivity index (χ0v) is 15.6. The summed E-state index contributed by atoms with van der Waals surface area (Å²) in [6.45, 7) is 3.86. The van der Waals surface area contributed by atoms with Crippen LogP contribution in [0.15, 0.2) is 41.4 Å². The van der Waals surface area contributed by atoms with Gasteiger partial charge in [-0.1, -0.05) is 0 Å². The van der Waals surface area contributed by atoms with Crippen LogP contribution in [0.2, 0.25) is 0 Å². The number of rotatable bonds is 4. The van der Waals surface area contributed by atoms with Crippen molar-refractivity contribution in [3.8, 4) is 11.3 Å². The molecule has 8 heteroatoms. The standard InChI is InChI=1S/C19H20FN5OS/c20-16-4-2-14(3-5-16)18-15(10-22-23-18)11-24-6-1-7-25(9-8-24)19(26)17-12-27-13-21-17/h2-5,10,12-13H,1,6-9,11H2,(H,22,23). The summed E-state index contributed by atoms with van der Waals surface area (Å²) in [6, 6.07) is 6.41. The maximum absolute atomic E-state index is 13.2. The monoisotopic (exact) mass is 385 g/mol. The summed E-state index contributed by atoms with van der Waals surface area (Å²) >= 11 is 1.44. The van der Waals surface area contributed by atoms with Gasteiger partial charge < -0.3 is 4.90 Å². The first kappa shape index (κ1) is 17.8. The van der Waals surface area contributed by atoms with Crippen LogP contribution in [0.3, 0.4) is 0 Å². The first-order valence-corrected chi connectivity index (χ1v) is 9.83. The summed E-state index contributed by atoms with van der Waals surface area (Å²) in [6.07, 6.45) is 2.74. The molecule has 1 aromatic carbocycles. The number of aromatic amines is 1. The molecule has 27 heavy (non-hydrogen) atoms. The molecule has 3 heterocycles. The van der Waals surface area contributed by atoms with Crippen molar-refractivity contribution >= 4 is 17.2 Å². The quantitative estimate of drug-likeness (QED) is 0.750. The van der Waals surface area contributed by atoms with E-state index in [9.17, 15) is 9.18 Å². The number of aromatic nitrogens is 3. The van der Waals surface area contributed by atoms with E-state index in [1.807, 2.05) is 11.1 Å². The maximum atomic E-state index is 13.2. The molecule has 140 valence electrons. The molecule has 0 atom stereocenters. The van der Waals surface area contributed by atoms with Crippen LogP contribution < -0.4 is 0 Å². The minimum atomic E-state index is -0.253. The van der Waals surface area contributed by atoms with Gasteiger partial charge in [-0.2, -0.15) is 5.10 Å². The Balaban J connectivity index is 1.42. The molecule has 1 saturated heterocycles. The predicted octanol–water partition coefficient (Wildman–Crippen LogP) is 3.02. The van der Waals surface area contributed by atoms with Crippen LogP contribution in [0.4, 0.5) is 4.39 Å². The number of benzene rings is 1. The van der Waals surface area contributed by atoms with Crippen molar-refractivity contribution in [1.82, 2.24) is 25.0 Å². The van der Waals surface area contributed by atoms with E-state index >= 15 is 0 Å². The highest BCUT2D eigenvalue weighted by Crippen LogP contribution is 2.23. The molecule has 6 nitrogen and oxygen atoms in total. The second-order valence-corrected chi connectivity index (χ2v) is 7.29. The number of H-pyrrole nitrogens is 1. The molecule has 1 N–H and O–H groups in total. The smallest absolute Gasteiger partial charge is 0.273 e. The lowest BCUT2D eigenvalue weighted by atomic mass is 10.1. The fraction of sp³-hybridized carbons (Fsp3) is 0.316. The van der Waals surface area contributed by atoms with E-state index in [0.29, 0.717) is 12.2 Å². The number of halogens is 1. The average Bonchev–Trinajstić information content (AvgIpc) is 3.31. The number of thiazole rings is 1. The van der Waals surface area contributed by atoms with Gasteiger partial charge in [0, 0.05) is 49.2 Å². The highest BCUT2D eigenvalue weighted by Gasteiger charge is 2.22. The number of carbonyl (C=O) groups excluding carboxylic acids is 1. The number of nitrogens with zero attached hydrogens (tertiary/aromatic N) is 4. The first-order valence-electron chi connectivity index (χ1n) is 8.89. The van der Waals surface area contributed by atoms with Crippen LogP contribution in [-0.2, 0) is 6.54 Å². The second-order valence-electron chi connectivity index (χ2n) is 6.57. The van der Waals surface area contributed by atoms with Gasteiger partial charge in [-0.3, -0.25) is 14.8 Å². The molecular formula is C19H20FN5OS. The minimum absolute atomic E-state index is 0.00779. The lowest BCUT2D eigenvalue weighted by molar-refractivity contribution is 0.0756. The Morgan fingerprint density at radius 3 is 2.81 bits per heavy atom. The third-order valence-corrected chi connectivity index (χ3v) is 5.36. The lowest BCUT2D eigenvalue weighted by Gasteiger charge is -2.21. The second kappa shape index (κ2) is 7.98. The van der Waals surface area contributed by atoms with Gasteiger partial charge in [-0.15, -0.1) is 11.3 Å². The number of carbonyl (C=O) groups is 1. The van der Waals surface area contributed by atoms with Crippen LogP contribution in [-0.4, -0.2) is 57.1 Å². The zero-order chi connectivity index (χ0) is 18.6. The van der Waals surface area contributed by atoms with E-state index in [2.05, 4.69) is 20.1 Å². The summed E-state index contributed by atoms with van der Waals surface area (Å²) in [5.74, 6) is -0.245. The largest absolute Gasteiger partial charge is 0.336 e. The fourth-order valence-corrected chi connectivity index (χ4v) is 3.88. The average molecular weight is 385 g/mol. The molecule has 0 saturated carbocycles. The Bertz CT molecular complexity index is 893. The van der Waals surface area contributed by atoms with Crippen molar-refractivity contribution in [3.63, 3.8) is 0 Å². The summed E-state index contributed by atoms with van der Waals surface area (Å²) in [5, 5.41) is 8.99. The van der Waals surface area contributed by atoms with E-state index in [-0.39, 0.29) is 11.7 Å². The molecule has 1 aliphatic heterocycles. The molecule has 1 aliphatic rings. The van der Waals surface area contributed by atoms with Gasteiger partial charge in [-0.25, -0.2) is 9.37 Å². The summed E-state index contributed by atoms with van der Waals surface area (Å²) in [5.41, 5.74) is 5.12. The van der Waals surface area contributed by atoms with Crippen LogP contribution in [0.1, 0.15) is 22.5 Å². The van der Waals surface area contributed by atoms with Gasteiger partial charge in [-0.05, 0) is 30.7 Å². The molecule has 1 amide bonds. The molecule has 0 unspecified atom stereocenters. The van der Waals surface area contributed by atoms with Gasteiger partial charge in [0.05, 0.1) is 17.4 Å². The van der Waals surface area contributed by atoms with Crippen LogP contribution in [0, 0.1) is 5.82 Å². The highest BCUT2D eigenvalue weighted by molar-refractivity contribution is 7.07. The summed E-state index contributed by atoms with van der Waals surface area (Å²) < 4.78 is 13.2. The SMILES string of the molecule is O=C(c1cscn1)N1CCCN(Cc2cn[nH]c2-c2ccc(F)cc2)CC1. The lowest BCUT2D eigenvalue weighted by Crippen LogP contribution is -2.35. The molecule has 1 fully saturated rings. The fourth-order valence-electron chi connectivity index (χ4n) is 3.35. The minimum Gasteiger partial charge on any atom is -0.336 e. The van der Waals surface area contributed by atoms with Gasteiger partial charge in [0.15, 0.2) is 0 Å². The number of amides is 1. The highest BCUT2D eigenvalue weighted by atomic mass is 32.1. The number of nitrogens with one attached hydrogen (secondary N) is 1. The van der Waals surface area contributed by atoms with Crippen LogP contribution >= 0.6 is 11.3 Å². The van der Waals surface area contributed by atoms with Crippen molar-refractivity contribution < 1.29 is 9.18 Å². The normalized spacial score (nSPS) is 15.7. The van der Waals surface area contributed by atoms with E-state index in [0.717, 1.165) is 49.4 Å². The Labute approximate surface area is 160 Å². The van der Waals surface area contributed by atoms with Crippen molar-refractivity contribution in [2.45, 2.75) is 13.0 Å². The van der Waals surface area contributed by atoms with Crippen molar-refractivity contribution in [2.75, 3.05) is 26.2 Å². The Morgan fingerprint density at radius 1 is 1.19 bits per heavy atom. The Morgan fingerprint density at radius 2 is 2.04 bits per heavy atom. The zero-order valence-electron chi connectivity index (χ0n) is 14.8. The van der Waals surface area contributed by atoms with Gasteiger partial charge in [0.2, 0.25) is 0 Å². The Kier molecular flexibility index (Phi) is 5.26. The molecule has 0 spiro atoms. The predicted molar refractivity (Wildman–Crippen MR) is 102 cm³/mol. The van der Waals surface area contributed by atoms with Crippen LogP contribution in [0.5, 0.6) is 0 Å². The Hall–Kier alpha value is -2.58. The van der Waals surface area contributed by atoms with Gasteiger partial charge >= 0.3 is 0 Å². The van der Waals surface area contributed by atoms with E-state index in [1.54, 1.807) is 23.0 Å². The summed E-state index contributed by atoms with van der Waals surface area (Å²) in [7, 11) is 0. The molecule has 3 aromatic rings. The maximum Gasteiger partial charge on any atom is 0.273 e. The van der Waals surface area contributed by atoms with Gasteiger partial charge in [0.1, 0.15) is 11.5 Å². The van der Waals surface area contributed by atoms with Crippen LogP contribution in [0.25, 0.3) is 11.3 Å². The van der Waals surface area contributed by atoms with Crippen molar-refractivity contribution in [2.24, 2.45) is 0 Å². The molecule has 0 radical (unpaired) electrons. The molecule has 0 bridgehead atoms. The third-order valence-electron chi connectivity index (χ3n) is 4.77. The van der Waals surface area contributed by atoms with E-state index in [4.69, 9.17) is 0 Å². The van der Waals surface area contributed by atoms with E-state index < -0.39 is 0 Å². The first-order chi connectivity index (χ1) is 13.2. The molecular weight excluding hydrogens is 365 g/mol. The van der Waals surface area contributed by atoms with Crippen molar-refractivity contribution in [1.29, 1.82) is 0 Å². The molecule has 2 aromatic heterocycles. The van der Waals surface area contributed by atoms with Crippen molar-refractivity contribution in [3.05, 3.63) is 58.4 Å². The topological polar surface area (TPSA) is 65.1 Å². The molecule has 0 aliphatic carbocycles. The van der Waals surface area contributed by atoms with E-state index in [1.165, 1.54) is 23.5 Å². The third kappa shape index (κ3) is 4.06.